The summed E-state index contributed by atoms with van der Waals surface area (Å²) >= 11 is 5.16. The molecule has 0 aliphatic carbocycles. The topological polar surface area (TPSA) is 79.2 Å². The van der Waals surface area contributed by atoms with Crippen LogP contribution in [0.5, 0.6) is 0 Å². The van der Waals surface area contributed by atoms with Crippen molar-refractivity contribution in [1.29, 1.82) is 0 Å². The molecule has 0 saturated carbocycles. The lowest BCUT2D eigenvalue weighted by atomic mass is 10.1. The summed E-state index contributed by atoms with van der Waals surface area (Å²) in [4.78, 5) is 17.3. The van der Waals surface area contributed by atoms with Gasteiger partial charge in [0.15, 0.2) is 10.9 Å². The number of carbonyl (C=O) groups is 1. The van der Waals surface area contributed by atoms with Crippen LogP contribution in [0.15, 0.2) is 53.1 Å². The van der Waals surface area contributed by atoms with Gasteiger partial charge in [0.2, 0.25) is 0 Å². The molecule has 2 heterocycles. The molecule has 0 unspecified atom stereocenters. The Hall–Kier alpha value is -2.93. The minimum Gasteiger partial charge on any atom is -0.463 e. The predicted molar refractivity (Wildman–Crippen MR) is 106 cm³/mol. The normalized spacial score (nSPS) is 10.5. The molecule has 0 bridgehead atoms. The molecule has 26 heavy (non-hydrogen) atoms. The van der Waals surface area contributed by atoms with E-state index in [4.69, 9.17) is 16.6 Å². The van der Waals surface area contributed by atoms with Gasteiger partial charge in [-0.1, -0.05) is 31.5 Å². The van der Waals surface area contributed by atoms with Crippen LogP contribution in [-0.4, -0.2) is 22.5 Å². The standard InChI is InChI=1S/C19H20N4O2S/c1-2-3-10-20-19(26)23-22-18(24)14-12-16(17-9-6-11-25-17)21-15-8-5-4-7-13(14)15/h4-9,11-12H,2-3,10H2,1H3,(H,22,24)(H2,20,23,26). The summed E-state index contributed by atoms with van der Waals surface area (Å²) in [5.41, 5.74) is 7.18. The molecule has 134 valence electrons. The van der Waals surface area contributed by atoms with Crippen LogP contribution in [0.1, 0.15) is 30.1 Å². The van der Waals surface area contributed by atoms with E-state index in [1.54, 1.807) is 18.4 Å². The SMILES string of the molecule is CCCCNC(=S)NNC(=O)c1cc(-c2ccco2)nc2ccccc12. The fourth-order valence-electron chi connectivity index (χ4n) is 2.52. The van der Waals surface area contributed by atoms with Gasteiger partial charge < -0.3 is 9.73 Å². The van der Waals surface area contributed by atoms with Gasteiger partial charge in [0.25, 0.3) is 5.91 Å². The van der Waals surface area contributed by atoms with Gasteiger partial charge in [-0.2, -0.15) is 0 Å². The number of rotatable bonds is 5. The minimum absolute atomic E-state index is 0.295. The van der Waals surface area contributed by atoms with Crippen molar-refractivity contribution in [2.24, 2.45) is 0 Å². The molecule has 1 aromatic carbocycles. The second-order valence-electron chi connectivity index (χ2n) is 5.74. The predicted octanol–water partition coefficient (Wildman–Crippen LogP) is 3.40. The lowest BCUT2D eigenvalue weighted by molar-refractivity contribution is 0.0945. The molecule has 2 aromatic heterocycles. The van der Waals surface area contributed by atoms with Crippen molar-refractivity contribution in [2.75, 3.05) is 6.54 Å². The average Bonchev–Trinajstić information content (AvgIpc) is 3.20. The highest BCUT2D eigenvalue weighted by atomic mass is 32.1. The van der Waals surface area contributed by atoms with Crippen LogP contribution in [0.25, 0.3) is 22.4 Å². The summed E-state index contributed by atoms with van der Waals surface area (Å²) in [5.74, 6) is 0.311. The first-order chi connectivity index (χ1) is 12.7. The first kappa shape index (κ1) is 17.9. The highest BCUT2D eigenvalue weighted by Gasteiger charge is 2.15. The number of furan rings is 1. The maximum atomic E-state index is 12.7. The molecule has 0 aliphatic heterocycles. The van der Waals surface area contributed by atoms with E-state index < -0.39 is 0 Å². The van der Waals surface area contributed by atoms with Gasteiger partial charge in [-0.3, -0.25) is 15.6 Å². The molecule has 0 saturated heterocycles. The number of hydrazine groups is 1. The molecule has 3 N–H and O–H groups in total. The minimum atomic E-state index is -0.295. The molecule has 0 aliphatic rings. The number of benzene rings is 1. The van der Waals surface area contributed by atoms with E-state index in [0.717, 1.165) is 30.3 Å². The van der Waals surface area contributed by atoms with Crippen molar-refractivity contribution < 1.29 is 9.21 Å². The lowest BCUT2D eigenvalue weighted by Gasteiger charge is -2.13. The number of thiocarbonyl (C=S) groups is 1. The lowest BCUT2D eigenvalue weighted by Crippen LogP contribution is -2.47. The third kappa shape index (κ3) is 4.18. The van der Waals surface area contributed by atoms with E-state index in [-0.39, 0.29) is 5.91 Å². The maximum Gasteiger partial charge on any atom is 0.270 e. The number of fused-ring (bicyclic) bond motifs is 1. The number of hydrogen-bond donors (Lipinski definition) is 3. The molecule has 0 fully saturated rings. The second kappa shape index (κ2) is 8.44. The number of carbonyl (C=O) groups excluding carboxylic acids is 1. The van der Waals surface area contributed by atoms with Crippen LogP contribution in [0.2, 0.25) is 0 Å². The number of hydrogen-bond acceptors (Lipinski definition) is 4. The smallest absolute Gasteiger partial charge is 0.270 e. The maximum absolute atomic E-state index is 12.7. The van der Waals surface area contributed by atoms with Crippen molar-refractivity contribution in [3.63, 3.8) is 0 Å². The quantitative estimate of drug-likeness (QED) is 0.364. The summed E-state index contributed by atoms with van der Waals surface area (Å²) in [6.07, 6.45) is 3.66. The molecular formula is C19H20N4O2S. The highest BCUT2D eigenvalue weighted by Crippen LogP contribution is 2.25. The molecule has 1 amide bonds. The van der Waals surface area contributed by atoms with E-state index in [1.807, 2.05) is 30.3 Å². The van der Waals surface area contributed by atoms with Gasteiger partial charge in [-0.05, 0) is 42.9 Å². The third-order valence-corrected chi connectivity index (χ3v) is 4.09. The number of nitrogens with zero attached hydrogens (tertiary/aromatic N) is 1. The highest BCUT2D eigenvalue weighted by molar-refractivity contribution is 7.80. The molecule has 0 spiro atoms. The van der Waals surface area contributed by atoms with Gasteiger partial charge in [0.05, 0.1) is 17.3 Å². The zero-order valence-corrected chi connectivity index (χ0v) is 15.2. The second-order valence-corrected chi connectivity index (χ2v) is 6.15. The zero-order chi connectivity index (χ0) is 18.4. The fraction of sp³-hybridized carbons (Fsp3) is 0.211. The van der Waals surface area contributed by atoms with Crippen LogP contribution < -0.4 is 16.2 Å². The van der Waals surface area contributed by atoms with Crippen LogP contribution in [0.4, 0.5) is 0 Å². The summed E-state index contributed by atoms with van der Waals surface area (Å²) in [6.45, 7) is 2.87. The summed E-state index contributed by atoms with van der Waals surface area (Å²) in [5, 5.41) is 4.18. The van der Waals surface area contributed by atoms with Crippen molar-refractivity contribution in [3.8, 4) is 11.5 Å². The van der Waals surface area contributed by atoms with Crippen molar-refractivity contribution in [1.82, 2.24) is 21.2 Å². The zero-order valence-electron chi connectivity index (χ0n) is 14.4. The Labute approximate surface area is 157 Å². The van der Waals surface area contributed by atoms with Gasteiger partial charge in [0.1, 0.15) is 5.69 Å². The molecule has 3 rings (SSSR count). The Morgan fingerprint density at radius 3 is 2.81 bits per heavy atom. The molecule has 3 aromatic rings. The van der Waals surface area contributed by atoms with Gasteiger partial charge >= 0.3 is 0 Å². The number of pyridine rings is 1. The van der Waals surface area contributed by atoms with E-state index in [0.29, 0.717) is 22.1 Å². The number of nitrogens with one attached hydrogen (secondary N) is 3. The Kier molecular flexibility index (Phi) is 5.80. The Bertz CT molecular complexity index is 909. The van der Waals surface area contributed by atoms with E-state index in [1.165, 1.54) is 0 Å². The Balaban J connectivity index is 1.81. The molecule has 0 radical (unpaired) electrons. The van der Waals surface area contributed by atoms with E-state index in [2.05, 4.69) is 28.1 Å². The largest absolute Gasteiger partial charge is 0.463 e. The van der Waals surface area contributed by atoms with E-state index in [9.17, 15) is 4.79 Å². The van der Waals surface area contributed by atoms with Crippen LogP contribution >= 0.6 is 12.2 Å². The molecule has 6 nitrogen and oxygen atoms in total. The first-order valence-electron chi connectivity index (χ1n) is 8.47. The van der Waals surface area contributed by atoms with Crippen molar-refractivity contribution >= 4 is 34.1 Å². The first-order valence-corrected chi connectivity index (χ1v) is 8.87. The monoisotopic (exact) mass is 368 g/mol. The third-order valence-electron chi connectivity index (χ3n) is 3.84. The summed E-state index contributed by atoms with van der Waals surface area (Å²) < 4.78 is 5.42. The van der Waals surface area contributed by atoms with Gasteiger partial charge in [0, 0.05) is 11.9 Å². The molecular weight excluding hydrogens is 348 g/mol. The van der Waals surface area contributed by atoms with Gasteiger partial charge in [-0.15, -0.1) is 0 Å². The van der Waals surface area contributed by atoms with Crippen molar-refractivity contribution in [3.05, 3.63) is 54.3 Å². The molecule has 0 atom stereocenters. The number of aromatic nitrogens is 1. The van der Waals surface area contributed by atoms with Crippen LogP contribution in [0.3, 0.4) is 0 Å². The van der Waals surface area contributed by atoms with Gasteiger partial charge in [-0.25, -0.2) is 4.98 Å². The number of amides is 1. The Morgan fingerprint density at radius 2 is 2.04 bits per heavy atom. The van der Waals surface area contributed by atoms with Crippen LogP contribution in [-0.2, 0) is 0 Å². The summed E-state index contributed by atoms with van der Waals surface area (Å²) in [6, 6.07) is 12.8. The fourth-order valence-corrected chi connectivity index (χ4v) is 2.67. The molecule has 7 heteroatoms. The van der Waals surface area contributed by atoms with E-state index >= 15 is 0 Å². The average molecular weight is 368 g/mol. The Morgan fingerprint density at radius 1 is 1.19 bits per heavy atom. The van der Waals surface area contributed by atoms with Crippen LogP contribution in [0, 0.1) is 0 Å². The van der Waals surface area contributed by atoms with Crippen molar-refractivity contribution in [2.45, 2.75) is 19.8 Å². The number of para-hydroxylation sites is 1. The number of unbranched alkanes of at least 4 members (excludes halogenated alkanes) is 1. The summed E-state index contributed by atoms with van der Waals surface area (Å²) in [7, 11) is 0.